The van der Waals surface area contributed by atoms with Gasteiger partial charge in [0, 0.05) is 17.1 Å². The number of benzene rings is 2. The second-order valence-corrected chi connectivity index (χ2v) is 5.62. The minimum Gasteiger partial charge on any atom is -0.326 e. The quantitative estimate of drug-likeness (QED) is 0.858. The average Bonchev–Trinajstić information content (AvgIpc) is 2.46. The van der Waals surface area contributed by atoms with Crippen LogP contribution in [0.3, 0.4) is 0 Å². The minimum atomic E-state index is -0.0171. The molecule has 0 saturated heterocycles. The van der Waals surface area contributed by atoms with Crippen LogP contribution in [0.2, 0.25) is 5.02 Å². The SMILES string of the molecule is NC(CCc1cccc(Cl)c1)[C@@H](N)Cc1ccccc1. The molecule has 0 fully saturated rings. The molecule has 2 rings (SSSR count). The molecule has 0 aromatic heterocycles. The van der Waals surface area contributed by atoms with Crippen molar-refractivity contribution in [2.24, 2.45) is 11.5 Å². The van der Waals surface area contributed by atoms with Gasteiger partial charge in [0.25, 0.3) is 0 Å². The summed E-state index contributed by atoms with van der Waals surface area (Å²) >= 11 is 5.97. The Kier molecular flexibility index (Phi) is 5.60. The van der Waals surface area contributed by atoms with Gasteiger partial charge in [-0.1, -0.05) is 54.1 Å². The van der Waals surface area contributed by atoms with Gasteiger partial charge in [-0.15, -0.1) is 0 Å². The van der Waals surface area contributed by atoms with Crippen LogP contribution in [-0.2, 0) is 12.8 Å². The molecule has 0 aliphatic rings. The maximum Gasteiger partial charge on any atom is 0.0408 e. The molecule has 0 aliphatic heterocycles. The Morgan fingerprint density at radius 2 is 1.55 bits per heavy atom. The van der Waals surface area contributed by atoms with Gasteiger partial charge >= 0.3 is 0 Å². The first-order valence-electron chi connectivity index (χ1n) is 6.94. The molecule has 2 aromatic rings. The van der Waals surface area contributed by atoms with E-state index in [2.05, 4.69) is 18.2 Å². The minimum absolute atomic E-state index is 0.00538. The predicted octanol–water partition coefficient (Wildman–Crippen LogP) is 3.17. The number of nitrogens with two attached hydrogens (primary N) is 2. The van der Waals surface area contributed by atoms with Gasteiger partial charge in [-0.25, -0.2) is 0 Å². The van der Waals surface area contributed by atoms with E-state index in [1.807, 2.05) is 36.4 Å². The second kappa shape index (κ2) is 7.44. The largest absolute Gasteiger partial charge is 0.326 e. The first-order chi connectivity index (χ1) is 9.65. The van der Waals surface area contributed by atoms with E-state index in [1.54, 1.807) is 0 Å². The van der Waals surface area contributed by atoms with Crippen molar-refractivity contribution < 1.29 is 0 Å². The van der Waals surface area contributed by atoms with Crippen molar-refractivity contribution in [2.45, 2.75) is 31.3 Å². The van der Waals surface area contributed by atoms with Gasteiger partial charge in [-0.3, -0.25) is 0 Å². The maximum absolute atomic E-state index is 6.19. The lowest BCUT2D eigenvalue weighted by atomic mass is 9.96. The summed E-state index contributed by atoms with van der Waals surface area (Å²) in [6.07, 6.45) is 2.59. The third-order valence-corrected chi connectivity index (χ3v) is 3.75. The number of hydrogen-bond donors (Lipinski definition) is 2. The summed E-state index contributed by atoms with van der Waals surface area (Å²) in [7, 11) is 0. The topological polar surface area (TPSA) is 52.0 Å². The predicted molar refractivity (Wildman–Crippen MR) is 85.9 cm³/mol. The zero-order chi connectivity index (χ0) is 14.4. The average molecular weight is 289 g/mol. The van der Waals surface area contributed by atoms with Gasteiger partial charge in [0.15, 0.2) is 0 Å². The van der Waals surface area contributed by atoms with Crippen LogP contribution in [0.1, 0.15) is 17.5 Å². The highest BCUT2D eigenvalue weighted by atomic mass is 35.5. The van der Waals surface area contributed by atoms with Crippen LogP contribution in [-0.4, -0.2) is 12.1 Å². The van der Waals surface area contributed by atoms with Crippen LogP contribution in [0.15, 0.2) is 54.6 Å². The van der Waals surface area contributed by atoms with Gasteiger partial charge in [0.1, 0.15) is 0 Å². The molecule has 0 bridgehead atoms. The third-order valence-electron chi connectivity index (χ3n) is 3.52. The molecular weight excluding hydrogens is 268 g/mol. The molecule has 0 heterocycles. The van der Waals surface area contributed by atoms with Crippen LogP contribution in [0.5, 0.6) is 0 Å². The summed E-state index contributed by atoms with van der Waals surface area (Å²) in [5.41, 5.74) is 14.8. The molecule has 3 heteroatoms. The second-order valence-electron chi connectivity index (χ2n) is 5.19. The summed E-state index contributed by atoms with van der Waals surface area (Å²) in [6, 6.07) is 18.1. The summed E-state index contributed by atoms with van der Waals surface area (Å²) in [5, 5.41) is 0.768. The van der Waals surface area contributed by atoms with Gasteiger partial charge in [-0.05, 0) is 42.5 Å². The molecule has 0 radical (unpaired) electrons. The van der Waals surface area contributed by atoms with E-state index in [1.165, 1.54) is 11.1 Å². The molecule has 0 spiro atoms. The highest BCUT2D eigenvalue weighted by Gasteiger charge is 2.13. The van der Waals surface area contributed by atoms with Gasteiger partial charge < -0.3 is 11.5 Å². The number of halogens is 1. The molecule has 2 aromatic carbocycles. The number of aryl methyl sites for hydroxylation is 1. The van der Waals surface area contributed by atoms with Crippen molar-refractivity contribution in [1.82, 2.24) is 0 Å². The zero-order valence-electron chi connectivity index (χ0n) is 11.5. The zero-order valence-corrected chi connectivity index (χ0v) is 12.3. The Morgan fingerprint density at radius 3 is 2.25 bits per heavy atom. The fourth-order valence-electron chi connectivity index (χ4n) is 2.28. The molecule has 2 nitrogen and oxygen atoms in total. The van der Waals surface area contributed by atoms with Crippen molar-refractivity contribution in [3.8, 4) is 0 Å². The van der Waals surface area contributed by atoms with Crippen molar-refractivity contribution in [2.75, 3.05) is 0 Å². The first-order valence-corrected chi connectivity index (χ1v) is 7.32. The molecule has 1 unspecified atom stereocenters. The number of hydrogen-bond acceptors (Lipinski definition) is 2. The maximum atomic E-state index is 6.19. The monoisotopic (exact) mass is 288 g/mol. The Balaban J connectivity index is 1.83. The van der Waals surface area contributed by atoms with E-state index in [-0.39, 0.29) is 12.1 Å². The van der Waals surface area contributed by atoms with Crippen LogP contribution >= 0.6 is 11.6 Å². The normalized spacial score (nSPS) is 13.9. The lowest BCUT2D eigenvalue weighted by molar-refractivity contribution is 0.492. The molecule has 106 valence electrons. The van der Waals surface area contributed by atoms with Crippen molar-refractivity contribution in [3.05, 3.63) is 70.7 Å². The van der Waals surface area contributed by atoms with Gasteiger partial charge in [0.2, 0.25) is 0 Å². The lowest BCUT2D eigenvalue weighted by Gasteiger charge is -2.20. The van der Waals surface area contributed by atoms with Gasteiger partial charge in [-0.2, -0.15) is 0 Å². The molecule has 4 N–H and O–H groups in total. The van der Waals surface area contributed by atoms with E-state index in [9.17, 15) is 0 Å². The van der Waals surface area contributed by atoms with Crippen molar-refractivity contribution in [3.63, 3.8) is 0 Å². The molecule has 20 heavy (non-hydrogen) atoms. The van der Waals surface area contributed by atoms with Crippen LogP contribution in [0, 0.1) is 0 Å². The molecule has 0 aliphatic carbocycles. The van der Waals surface area contributed by atoms with Crippen LogP contribution in [0.4, 0.5) is 0 Å². The lowest BCUT2D eigenvalue weighted by Crippen LogP contribution is -2.43. The van der Waals surface area contributed by atoms with E-state index >= 15 is 0 Å². The highest BCUT2D eigenvalue weighted by molar-refractivity contribution is 6.30. The standard InChI is InChI=1S/C17H21ClN2/c18-15-8-4-7-14(11-15)9-10-16(19)17(20)12-13-5-2-1-3-6-13/h1-8,11,16-17H,9-10,12,19-20H2/t16?,17-/m0/s1. The number of rotatable bonds is 6. The molecule has 0 saturated carbocycles. The van der Waals surface area contributed by atoms with E-state index in [0.717, 1.165) is 24.3 Å². The summed E-state index contributed by atoms with van der Waals surface area (Å²) in [4.78, 5) is 0. The van der Waals surface area contributed by atoms with Crippen LogP contribution in [0.25, 0.3) is 0 Å². The van der Waals surface area contributed by atoms with E-state index in [0.29, 0.717) is 0 Å². The summed E-state index contributed by atoms with van der Waals surface area (Å²) in [6.45, 7) is 0. The van der Waals surface area contributed by atoms with Crippen molar-refractivity contribution >= 4 is 11.6 Å². The molecular formula is C17H21ClN2. The Labute approximate surface area is 125 Å². The summed E-state index contributed by atoms with van der Waals surface area (Å²) < 4.78 is 0. The summed E-state index contributed by atoms with van der Waals surface area (Å²) in [5.74, 6) is 0. The smallest absolute Gasteiger partial charge is 0.0408 e. The first kappa shape index (κ1) is 15.0. The molecule has 0 amide bonds. The van der Waals surface area contributed by atoms with Crippen molar-refractivity contribution in [1.29, 1.82) is 0 Å². The molecule has 2 atom stereocenters. The van der Waals surface area contributed by atoms with E-state index in [4.69, 9.17) is 23.1 Å². The Morgan fingerprint density at radius 1 is 0.850 bits per heavy atom. The highest BCUT2D eigenvalue weighted by Crippen LogP contribution is 2.14. The van der Waals surface area contributed by atoms with E-state index < -0.39 is 0 Å². The fraction of sp³-hybridized carbons (Fsp3) is 0.294. The fourth-order valence-corrected chi connectivity index (χ4v) is 2.49. The van der Waals surface area contributed by atoms with Crippen LogP contribution < -0.4 is 11.5 Å². The Bertz CT molecular complexity index is 528. The Hall–Kier alpha value is -1.35. The third kappa shape index (κ3) is 4.64. The van der Waals surface area contributed by atoms with Gasteiger partial charge in [0.05, 0.1) is 0 Å².